The predicted octanol–water partition coefficient (Wildman–Crippen LogP) is 4.13. The van der Waals surface area contributed by atoms with Gasteiger partial charge in [-0.25, -0.2) is 0 Å². The minimum absolute atomic E-state index is 0.0323. The Bertz CT molecular complexity index is 928. The first-order valence-electron chi connectivity index (χ1n) is 13.8. The molecule has 3 aliphatic heterocycles. The van der Waals surface area contributed by atoms with Crippen LogP contribution in [0.3, 0.4) is 0 Å². The van der Waals surface area contributed by atoms with E-state index in [9.17, 15) is 14.4 Å². The average molecular weight is 497 g/mol. The molecule has 36 heavy (non-hydrogen) atoms. The molecule has 0 radical (unpaired) electrons. The Hall–Kier alpha value is -2.57. The molecule has 1 aromatic rings. The van der Waals surface area contributed by atoms with E-state index in [1.165, 1.54) is 6.42 Å². The zero-order valence-corrected chi connectivity index (χ0v) is 22.7. The number of carbonyl (C=O) groups is 3. The van der Waals surface area contributed by atoms with Crippen molar-refractivity contribution in [1.29, 1.82) is 0 Å². The van der Waals surface area contributed by atoms with E-state index in [2.05, 4.69) is 32.6 Å². The summed E-state index contributed by atoms with van der Waals surface area (Å²) in [6, 6.07) is 10.0. The van der Waals surface area contributed by atoms with Gasteiger partial charge in [-0.05, 0) is 62.0 Å². The standard InChI is InChI=1S/C29H44N4O3/c1-23(20-28(2,3)4)19-25(34)31-17-13-29(14-18-31)27(36)32(21-26(35)30-15-9-6-10-16-30)22-33(29)24-11-7-5-8-12-24/h5,7-8,11-12,23H,6,9-10,13-22H2,1-4H3. The number of anilines is 1. The van der Waals surface area contributed by atoms with Crippen molar-refractivity contribution in [3.8, 4) is 0 Å². The van der Waals surface area contributed by atoms with E-state index >= 15 is 0 Å². The van der Waals surface area contributed by atoms with Gasteiger partial charge in [-0.15, -0.1) is 0 Å². The van der Waals surface area contributed by atoms with Crippen molar-refractivity contribution < 1.29 is 14.4 Å². The summed E-state index contributed by atoms with van der Waals surface area (Å²) in [7, 11) is 0. The van der Waals surface area contributed by atoms with Crippen molar-refractivity contribution in [2.75, 3.05) is 44.3 Å². The highest BCUT2D eigenvalue weighted by atomic mass is 16.2. The number of benzene rings is 1. The maximum atomic E-state index is 13.9. The highest BCUT2D eigenvalue weighted by Gasteiger charge is 2.54. The van der Waals surface area contributed by atoms with Crippen molar-refractivity contribution in [3.63, 3.8) is 0 Å². The van der Waals surface area contributed by atoms with E-state index in [1.807, 2.05) is 40.1 Å². The molecule has 0 bridgehead atoms. The molecule has 198 valence electrons. The summed E-state index contributed by atoms with van der Waals surface area (Å²) < 4.78 is 0. The number of hydrogen-bond acceptors (Lipinski definition) is 4. The van der Waals surface area contributed by atoms with E-state index in [0.29, 0.717) is 44.9 Å². The first-order valence-corrected chi connectivity index (χ1v) is 13.8. The fraction of sp³-hybridized carbons (Fsp3) is 0.690. The molecule has 3 amide bonds. The second-order valence-corrected chi connectivity index (χ2v) is 12.3. The molecule has 7 nitrogen and oxygen atoms in total. The summed E-state index contributed by atoms with van der Waals surface area (Å²) in [4.78, 5) is 47.8. The highest BCUT2D eigenvalue weighted by molar-refractivity contribution is 5.96. The molecular formula is C29H44N4O3. The molecule has 0 saturated carbocycles. The van der Waals surface area contributed by atoms with Crippen molar-refractivity contribution in [3.05, 3.63) is 30.3 Å². The molecule has 3 heterocycles. The molecule has 3 saturated heterocycles. The number of carbonyl (C=O) groups excluding carboxylic acids is 3. The van der Waals surface area contributed by atoms with Crippen LogP contribution in [0.4, 0.5) is 5.69 Å². The van der Waals surface area contributed by atoms with Crippen LogP contribution in [0, 0.1) is 11.3 Å². The van der Waals surface area contributed by atoms with E-state index < -0.39 is 5.54 Å². The minimum atomic E-state index is -0.697. The molecule has 0 aliphatic carbocycles. The van der Waals surface area contributed by atoms with Gasteiger partial charge < -0.3 is 19.6 Å². The smallest absolute Gasteiger partial charge is 0.250 e. The fourth-order valence-corrected chi connectivity index (χ4v) is 6.40. The average Bonchev–Trinajstić information content (AvgIpc) is 3.10. The summed E-state index contributed by atoms with van der Waals surface area (Å²) >= 11 is 0. The van der Waals surface area contributed by atoms with Crippen LogP contribution in [-0.2, 0) is 14.4 Å². The number of hydrogen-bond donors (Lipinski definition) is 0. The first kappa shape index (κ1) is 26.5. The topological polar surface area (TPSA) is 64.2 Å². The number of amides is 3. The van der Waals surface area contributed by atoms with Crippen molar-refractivity contribution in [1.82, 2.24) is 14.7 Å². The van der Waals surface area contributed by atoms with Crippen LogP contribution in [-0.4, -0.2) is 77.4 Å². The Morgan fingerprint density at radius 1 is 0.917 bits per heavy atom. The largest absolute Gasteiger partial charge is 0.342 e. The Morgan fingerprint density at radius 2 is 1.53 bits per heavy atom. The number of piperidine rings is 2. The number of rotatable bonds is 6. The molecule has 3 aliphatic rings. The second-order valence-electron chi connectivity index (χ2n) is 12.3. The molecule has 1 atom stereocenters. The zero-order chi connectivity index (χ0) is 25.9. The lowest BCUT2D eigenvalue weighted by Crippen LogP contribution is -2.57. The normalized spacial score (nSPS) is 21.3. The summed E-state index contributed by atoms with van der Waals surface area (Å²) in [6.07, 6.45) is 5.99. The lowest BCUT2D eigenvalue weighted by atomic mass is 9.83. The van der Waals surface area contributed by atoms with Crippen LogP contribution in [0.5, 0.6) is 0 Å². The Kier molecular flexibility index (Phi) is 7.96. The second kappa shape index (κ2) is 10.8. The lowest BCUT2D eigenvalue weighted by molar-refractivity contribution is -0.142. The molecule has 4 rings (SSSR count). The van der Waals surface area contributed by atoms with Gasteiger partial charge in [0.15, 0.2) is 0 Å². The summed E-state index contributed by atoms with van der Waals surface area (Å²) in [5, 5.41) is 0. The molecule has 0 aromatic heterocycles. The fourth-order valence-electron chi connectivity index (χ4n) is 6.40. The monoisotopic (exact) mass is 496 g/mol. The van der Waals surface area contributed by atoms with E-state index in [0.717, 1.165) is 38.0 Å². The SMILES string of the molecule is CC(CC(=O)N1CCC2(CC1)C(=O)N(CC(=O)N1CCCCC1)CN2c1ccccc1)CC(C)(C)C. The van der Waals surface area contributed by atoms with Gasteiger partial charge >= 0.3 is 0 Å². The third-order valence-corrected chi connectivity index (χ3v) is 8.04. The lowest BCUT2D eigenvalue weighted by Gasteiger charge is -2.43. The van der Waals surface area contributed by atoms with Crippen LogP contribution in [0.25, 0.3) is 0 Å². The van der Waals surface area contributed by atoms with Gasteiger partial charge in [0.2, 0.25) is 11.8 Å². The van der Waals surface area contributed by atoms with Crippen molar-refractivity contribution in [2.45, 2.75) is 78.2 Å². The van der Waals surface area contributed by atoms with E-state index in [4.69, 9.17) is 0 Å². The molecule has 7 heteroatoms. The number of nitrogens with zero attached hydrogens (tertiary/aromatic N) is 4. The summed E-state index contributed by atoms with van der Waals surface area (Å²) in [5.41, 5.74) is 0.502. The Labute approximate surface area is 216 Å². The van der Waals surface area contributed by atoms with Gasteiger partial charge in [0.25, 0.3) is 5.91 Å². The van der Waals surface area contributed by atoms with Gasteiger partial charge in [-0.3, -0.25) is 14.4 Å². The Morgan fingerprint density at radius 3 is 2.14 bits per heavy atom. The zero-order valence-electron chi connectivity index (χ0n) is 22.7. The third kappa shape index (κ3) is 5.87. The first-order chi connectivity index (χ1) is 17.1. The minimum Gasteiger partial charge on any atom is -0.342 e. The number of para-hydroxylation sites is 1. The van der Waals surface area contributed by atoms with Gasteiger partial charge in [-0.1, -0.05) is 45.9 Å². The van der Waals surface area contributed by atoms with Crippen molar-refractivity contribution in [2.24, 2.45) is 11.3 Å². The maximum Gasteiger partial charge on any atom is 0.250 e. The van der Waals surface area contributed by atoms with E-state index in [1.54, 1.807) is 4.90 Å². The molecule has 1 aromatic carbocycles. The summed E-state index contributed by atoms with van der Waals surface area (Å²) in [5.74, 6) is 0.604. The van der Waals surface area contributed by atoms with Gasteiger partial charge in [0, 0.05) is 38.3 Å². The van der Waals surface area contributed by atoms with Crippen LogP contribution in [0.2, 0.25) is 0 Å². The van der Waals surface area contributed by atoms with Gasteiger partial charge in [0.1, 0.15) is 12.1 Å². The predicted molar refractivity (Wildman–Crippen MR) is 142 cm³/mol. The quantitative estimate of drug-likeness (QED) is 0.594. The molecule has 3 fully saturated rings. The molecular weight excluding hydrogens is 452 g/mol. The maximum absolute atomic E-state index is 13.9. The van der Waals surface area contributed by atoms with E-state index in [-0.39, 0.29) is 29.7 Å². The summed E-state index contributed by atoms with van der Waals surface area (Å²) in [6.45, 7) is 12.1. The van der Waals surface area contributed by atoms with Crippen LogP contribution in [0.1, 0.15) is 72.6 Å². The van der Waals surface area contributed by atoms with Gasteiger partial charge in [-0.2, -0.15) is 0 Å². The van der Waals surface area contributed by atoms with Crippen molar-refractivity contribution >= 4 is 23.4 Å². The number of likely N-dealkylation sites (tertiary alicyclic amines) is 2. The third-order valence-electron chi connectivity index (χ3n) is 8.04. The molecule has 0 N–H and O–H groups in total. The van der Waals surface area contributed by atoms with Crippen LogP contribution in [0.15, 0.2) is 30.3 Å². The Balaban J connectivity index is 1.46. The van der Waals surface area contributed by atoms with Crippen LogP contribution < -0.4 is 4.90 Å². The van der Waals surface area contributed by atoms with Gasteiger partial charge in [0.05, 0.1) is 6.67 Å². The highest BCUT2D eigenvalue weighted by Crippen LogP contribution is 2.40. The molecule has 1 unspecified atom stereocenters. The van der Waals surface area contributed by atoms with Crippen LogP contribution >= 0.6 is 0 Å². The molecule has 1 spiro atoms.